The van der Waals surface area contributed by atoms with Gasteiger partial charge in [0, 0.05) is 25.3 Å². The first-order chi connectivity index (χ1) is 9.62. The largest absolute Gasteiger partial charge is 0.480 e. The van der Waals surface area contributed by atoms with E-state index in [1.54, 1.807) is 0 Å². The molecule has 112 valence electrons. The van der Waals surface area contributed by atoms with Crippen LogP contribution in [-0.2, 0) is 11.3 Å². The number of carboxylic acids is 1. The van der Waals surface area contributed by atoms with E-state index >= 15 is 0 Å². The van der Waals surface area contributed by atoms with Crippen molar-refractivity contribution >= 4 is 11.7 Å². The topological polar surface area (TPSA) is 52.6 Å². The summed E-state index contributed by atoms with van der Waals surface area (Å²) in [5.41, 5.74) is 2.32. The molecule has 0 saturated carbocycles. The third-order valence-electron chi connectivity index (χ3n) is 3.49. The maximum Gasteiger partial charge on any atom is 0.320 e. The second-order valence-electron chi connectivity index (χ2n) is 4.90. The van der Waals surface area contributed by atoms with Gasteiger partial charge in [-0.1, -0.05) is 25.5 Å². The zero-order chi connectivity index (χ0) is 15.0. The predicted octanol–water partition coefficient (Wildman–Crippen LogP) is 2.88. The molecule has 0 saturated heterocycles. The van der Waals surface area contributed by atoms with Gasteiger partial charge in [-0.3, -0.25) is 4.79 Å². The van der Waals surface area contributed by atoms with Crippen molar-refractivity contribution in [3.63, 3.8) is 0 Å². The molecule has 0 amide bonds. The first-order valence-corrected chi connectivity index (χ1v) is 7.42. The predicted molar refractivity (Wildman–Crippen MR) is 83.2 cm³/mol. The van der Waals surface area contributed by atoms with Crippen molar-refractivity contribution in [3.8, 4) is 0 Å². The Kier molecular flexibility index (Phi) is 7.09. The molecule has 0 aromatic heterocycles. The van der Waals surface area contributed by atoms with E-state index in [9.17, 15) is 4.79 Å². The lowest BCUT2D eigenvalue weighted by molar-refractivity contribution is -0.139. The van der Waals surface area contributed by atoms with Crippen LogP contribution in [0.3, 0.4) is 0 Å². The number of hydrogen-bond donors (Lipinski definition) is 2. The van der Waals surface area contributed by atoms with Crippen molar-refractivity contribution < 1.29 is 9.90 Å². The smallest absolute Gasteiger partial charge is 0.320 e. The Bertz CT molecular complexity index is 399. The van der Waals surface area contributed by atoms with Gasteiger partial charge in [-0.05, 0) is 38.0 Å². The third-order valence-corrected chi connectivity index (χ3v) is 3.49. The summed E-state index contributed by atoms with van der Waals surface area (Å²) >= 11 is 0. The monoisotopic (exact) mass is 278 g/mol. The molecule has 1 aromatic carbocycles. The van der Waals surface area contributed by atoms with Crippen molar-refractivity contribution in [2.24, 2.45) is 0 Å². The van der Waals surface area contributed by atoms with Crippen LogP contribution in [0.5, 0.6) is 0 Å². The molecule has 2 N–H and O–H groups in total. The van der Waals surface area contributed by atoms with Crippen molar-refractivity contribution in [2.75, 3.05) is 18.0 Å². The van der Waals surface area contributed by atoms with Crippen LogP contribution < -0.4 is 10.2 Å². The van der Waals surface area contributed by atoms with Gasteiger partial charge in [-0.15, -0.1) is 0 Å². The highest BCUT2D eigenvalue weighted by Gasteiger charge is 2.14. The van der Waals surface area contributed by atoms with Crippen molar-refractivity contribution in [1.29, 1.82) is 0 Å². The number of aliphatic carboxylic acids is 1. The fourth-order valence-electron chi connectivity index (χ4n) is 2.26. The minimum Gasteiger partial charge on any atom is -0.480 e. The molecule has 0 aliphatic heterocycles. The highest BCUT2D eigenvalue weighted by Crippen LogP contribution is 2.15. The quantitative estimate of drug-likeness (QED) is 0.729. The molecular formula is C16H26N2O2. The molecule has 0 bridgehead atoms. The molecule has 1 aromatic rings. The van der Waals surface area contributed by atoms with Gasteiger partial charge in [0.2, 0.25) is 0 Å². The highest BCUT2D eigenvalue weighted by molar-refractivity contribution is 5.73. The summed E-state index contributed by atoms with van der Waals surface area (Å²) in [5, 5.41) is 12.2. The van der Waals surface area contributed by atoms with Gasteiger partial charge in [0.1, 0.15) is 6.04 Å². The van der Waals surface area contributed by atoms with E-state index in [4.69, 9.17) is 5.11 Å². The van der Waals surface area contributed by atoms with Gasteiger partial charge in [0.05, 0.1) is 0 Å². The zero-order valence-corrected chi connectivity index (χ0v) is 12.7. The lowest BCUT2D eigenvalue weighted by Gasteiger charge is -2.21. The first kappa shape index (κ1) is 16.5. The third kappa shape index (κ3) is 4.85. The van der Waals surface area contributed by atoms with Gasteiger partial charge < -0.3 is 15.3 Å². The Morgan fingerprint density at radius 3 is 2.25 bits per heavy atom. The Labute approximate surface area is 121 Å². The number of carbonyl (C=O) groups is 1. The van der Waals surface area contributed by atoms with E-state index in [1.165, 1.54) is 5.69 Å². The number of hydrogen-bond acceptors (Lipinski definition) is 3. The number of carboxylic acid groups (broad SMARTS) is 1. The van der Waals surface area contributed by atoms with Gasteiger partial charge in [-0.25, -0.2) is 0 Å². The molecule has 0 aliphatic rings. The molecule has 4 heteroatoms. The van der Waals surface area contributed by atoms with Crippen LogP contribution in [0.1, 0.15) is 39.2 Å². The van der Waals surface area contributed by atoms with Crippen LogP contribution in [0, 0.1) is 0 Å². The summed E-state index contributed by atoms with van der Waals surface area (Å²) in [4.78, 5) is 13.3. The maximum absolute atomic E-state index is 11.1. The summed E-state index contributed by atoms with van der Waals surface area (Å²) in [5.74, 6) is -0.772. The lowest BCUT2D eigenvalue weighted by atomic mass is 10.1. The molecule has 0 heterocycles. The summed E-state index contributed by atoms with van der Waals surface area (Å²) in [6.07, 6.45) is 1.53. The van der Waals surface area contributed by atoms with E-state index in [0.29, 0.717) is 13.0 Å². The molecule has 0 radical (unpaired) electrons. The van der Waals surface area contributed by atoms with E-state index in [0.717, 1.165) is 25.1 Å². The first-order valence-electron chi connectivity index (χ1n) is 7.42. The van der Waals surface area contributed by atoms with Gasteiger partial charge in [0.15, 0.2) is 0 Å². The average molecular weight is 278 g/mol. The zero-order valence-electron chi connectivity index (χ0n) is 12.7. The lowest BCUT2D eigenvalue weighted by Crippen LogP contribution is -2.36. The Balaban J connectivity index is 2.58. The highest BCUT2D eigenvalue weighted by atomic mass is 16.4. The molecule has 0 aliphatic carbocycles. The number of rotatable bonds is 9. The summed E-state index contributed by atoms with van der Waals surface area (Å²) < 4.78 is 0. The van der Waals surface area contributed by atoms with Crippen molar-refractivity contribution in [3.05, 3.63) is 29.8 Å². The van der Waals surface area contributed by atoms with E-state index in [1.807, 2.05) is 6.92 Å². The molecule has 0 fully saturated rings. The molecule has 20 heavy (non-hydrogen) atoms. The van der Waals surface area contributed by atoms with E-state index < -0.39 is 12.0 Å². The average Bonchev–Trinajstić information content (AvgIpc) is 2.46. The second-order valence-corrected chi connectivity index (χ2v) is 4.90. The van der Waals surface area contributed by atoms with E-state index in [-0.39, 0.29) is 0 Å². The standard InChI is InChI=1S/C16H26N2O2/c1-4-7-15(16(19)20)17-12-13-8-10-14(11-9-13)18(5-2)6-3/h8-11,15,17H,4-7,12H2,1-3H3,(H,19,20). The fourth-order valence-corrected chi connectivity index (χ4v) is 2.26. The fraction of sp³-hybridized carbons (Fsp3) is 0.562. The molecule has 1 rings (SSSR count). The molecule has 4 nitrogen and oxygen atoms in total. The summed E-state index contributed by atoms with van der Waals surface area (Å²) in [7, 11) is 0. The second kappa shape index (κ2) is 8.59. The molecule has 1 unspecified atom stereocenters. The molecule has 1 atom stereocenters. The van der Waals surface area contributed by atoms with Crippen LogP contribution in [0.25, 0.3) is 0 Å². The number of nitrogens with one attached hydrogen (secondary N) is 1. The molecular weight excluding hydrogens is 252 g/mol. The van der Waals surface area contributed by atoms with Crippen molar-refractivity contribution in [2.45, 2.75) is 46.2 Å². The number of anilines is 1. The van der Waals surface area contributed by atoms with Crippen molar-refractivity contribution in [1.82, 2.24) is 5.32 Å². The SMILES string of the molecule is CCCC(NCc1ccc(N(CC)CC)cc1)C(=O)O. The number of nitrogens with zero attached hydrogens (tertiary/aromatic N) is 1. The minimum atomic E-state index is -0.772. The van der Waals surface area contributed by atoms with Gasteiger partial charge in [-0.2, -0.15) is 0 Å². The summed E-state index contributed by atoms with van der Waals surface area (Å²) in [6.45, 7) is 8.85. The Morgan fingerprint density at radius 2 is 1.80 bits per heavy atom. The van der Waals surface area contributed by atoms with Crippen LogP contribution in [0.15, 0.2) is 24.3 Å². The van der Waals surface area contributed by atoms with E-state index in [2.05, 4.69) is 48.3 Å². The van der Waals surface area contributed by atoms with Gasteiger partial charge >= 0.3 is 5.97 Å². The molecule has 0 spiro atoms. The van der Waals surface area contributed by atoms with Crippen LogP contribution in [0.2, 0.25) is 0 Å². The minimum absolute atomic E-state index is 0.456. The Morgan fingerprint density at radius 1 is 1.20 bits per heavy atom. The van der Waals surface area contributed by atoms with Crippen LogP contribution >= 0.6 is 0 Å². The Hall–Kier alpha value is -1.55. The van der Waals surface area contributed by atoms with Crippen LogP contribution in [0.4, 0.5) is 5.69 Å². The maximum atomic E-state index is 11.1. The summed E-state index contributed by atoms with van der Waals surface area (Å²) in [6, 6.07) is 7.86. The van der Waals surface area contributed by atoms with Gasteiger partial charge in [0.25, 0.3) is 0 Å². The normalized spacial score (nSPS) is 12.2. The van der Waals surface area contributed by atoms with Crippen LogP contribution in [-0.4, -0.2) is 30.2 Å². The number of benzene rings is 1.